The van der Waals surface area contributed by atoms with E-state index in [0.717, 1.165) is 64.4 Å². The molecule has 2 aliphatic rings. The Bertz CT molecular complexity index is 1070. The molecule has 4 heteroatoms. The van der Waals surface area contributed by atoms with Crippen LogP contribution in [-0.2, 0) is 20.7 Å². The number of benzene rings is 2. The van der Waals surface area contributed by atoms with Gasteiger partial charge in [-0.25, -0.2) is 0 Å². The number of carbonyl (C=O) groups is 1. The van der Waals surface area contributed by atoms with E-state index in [-0.39, 0.29) is 23.6 Å². The zero-order valence-corrected chi connectivity index (χ0v) is 23.8. The third-order valence-electron chi connectivity index (χ3n) is 8.69. The normalized spacial score (nSPS) is 25.1. The van der Waals surface area contributed by atoms with Gasteiger partial charge in [0, 0.05) is 17.8 Å². The van der Waals surface area contributed by atoms with Crippen molar-refractivity contribution in [1.29, 1.82) is 0 Å². The summed E-state index contributed by atoms with van der Waals surface area (Å²) < 4.78 is 11.1. The predicted molar refractivity (Wildman–Crippen MR) is 158 cm³/mol. The fourth-order valence-electron chi connectivity index (χ4n) is 6.52. The molecule has 1 saturated carbocycles. The first-order valence-electron chi connectivity index (χ1n) is 14.9. The van der Waals surface area contributed by atoms with Gasteiger partial charge in [0.25, 0.3) is 0 Å². The van der Waals surface area contributed by atoms with Gasteiger partial charge in [-0.05, 0) is 61.1 Å². The van der Waals surface area contributed by atoms with Crippen molar-refractivity contribution in [1.82, 2.24) is 0 Å². The van der Waals surface area contributed by atoms with Gasteiger partial charge >= 0.3 is 5.97 Å². The van der Waals surface area contributed by atoms with Crippen molar-refractivity contribution in [3.63, 3.8) is 0 Å². The maximum atomic E-state index is 11.4. The third-order valence-corrected chi connectivity index (χ3v) is 8.69. The second-order valence-electron chi connectivity index (χ2n) is 11.5. The molecule has 39 heavy (non-hydrogen) atoms. The Morgan fingerprint density at radius 3 is 2.59 bits per heavy atom. The van der Waals surface area contributed by atoms with Gasteiger partial charge < -0.3 is 14.6 Å². The molecule has 1 aliphatic heterocycles. The van der Waals surface area contributed by atoms with E-state index in [1.807, 2.05) is 6.08 Å². The highest BCUT2D eigenvalue weighted by molar-refractivity contribution is 5.69. The lowest BCUT2D eigenvalue weighted by Crippen LogP contribution is -2.37. The van der Waals surface area contributed by atoms with Crippen LogP contribution < -0.4 is 0 Å². The van der Waals surface area contributed by atoms with Crippen LogP contribution in [0.3, 0.4) is 0 Å². The molecule has 0 aromatic heterocycles. The van der Waals surface area contributed by atoms with Crippen molar-refractivity contribution >= 4 is 5.97 Å². The monoisotopic (exact) mass is 530 g/mol. The van der Waals surface area contributed by atoms with Gasteiger partial charge in [0.15, 0.2) is 0 Å². The number of allylic oxidation sites excluding steroid dienone is 2. The lowest BCUT2D eigenvalue weighted by Gasteiger charge is -2.38. The van der Waals surface area contributed by atoms with E-state index in [0.29, 0.717) is 18.3 Å². The highest BCUT2D eigenvalue weighted by Gasteiger charge is 2.57. The first-order valence-corrected chi connectivity index (χ1v) is 14.9. The molecule has 0 unspecified atom stereocenters. The molecule has 1 N–H and O–H groups in total. The topological polar surface area (TPSA) is 55.8 Å². The maximum absolute atomic E-state index is 11.4. The van der Waals surface area contributed by atoms with Crippen molar-refractivity contribution in [2.75, 3.05) is 13.7 Å². The van der Waals surface area contributed by atoms with Gasteiger partial charge in [-0.2, -0.15) is 0 Å². The number of fused-ring (bicyclic) bond motifs is 2. The van der Waals surface area contributed by atoms with Crippen LogP contribution in [0.25, 0.3) is 11.1 Å². The van der Waals surface area contributed by atoms with E-state index in [1.54, 1.807) is 0 Å². The minimum absolute atomic E-state index is 0.0947. The lowest BCUT2D eigenvalue weighted by molar-refractivity contribution is -0.140. The Kier molecular flexibility index (Phi) is 11.0. The largest absolute Gasteiger partial charge is 0.469 e. The molecule has 0 radical (unpaired) electrons. The number of carbonyl (C=O) groups excluding carboxylic acids is 1. The number of ether oxygens (including phenoxy) is 2. The summed E-state index contributed by atoms with van der Waals surface area (Å²) in [5, 5.41) is 10.6. The summed E-state index contributed by atoms with van der Waals surface area (Å²) in [5.74, 6) is 0.623. The van der Waals surface area contributed by atoms with Gasteiger partial charge in [0.1, 0.15) is 0 Å². The SMILES string of the molecule is CCCCC[C@H](O)/C=C/[C@@H]1[C@@H](C/C=C\CCCC(=O)OC)[C@@]2(Cc3ccc(-c4ccccc4)cc3)CO[C@@H]1C2. The Balaban J connectivity index is 1.46. The summed E-state index contributed by atoms with van der Waals surface area (Å²) >= 11 is 0. The van der Waals surface area contributed by atoms with E-state index in [1.165, 1.54) is 23.8 Å². The fraction of sp³-hybridized carbons (Fsp3) is 0.514. The van der Waals surface area contributed by atoms with E-state index >= 15 is 0 Å². The van der Waals surface area contributed by atoms with E-state index < -0.39 is 0 Å². The summed E-state index contributed by atoms with van der Waals surface area (Å²) in [6.45, 7) is 2.99. The smallest absolute Gasteiger partial charge is 0.305 e. The van der Waals surface area contributed by atoms with Crippen molar-refractivity contribution in [2.45, 2.75) is 83.3 Å². The molecular weight excluding hydrogens is 484 g/mol. The first kappa shape index (κ1) is 29.3. The summed E-state index contributed by atoms with van der Waals surface area (Å²) in [4.78, 5) is 11.4. The van der Waals surface area contributed by atoms with E-state index in [9.17, 15) is 9.90 Å². The quantitative estimate of drug-likeness (QED) is 0.146. The molecular formula is C35H46O4. The van der Waals surface area contributed by atoms with Crippen LogP contribution in [0.5, 0.6) is 0 Å². The molecule has 0 amide bonds. The van der Waals surface area contributed by atoms with Gasteiger partial charge in [-0.3, -0.25) is 4.79 Å². The summed E-state index contributed by atoms with van der Waals surface area (Å²) in [7, 11) is 1.44. The van der Waals surface area contributed by atoms with Gasteiger partial charge in [-0.15, -0.1) is 0 Å². The Labute approximate surface area is 235 Å². The highest BCUT2D eigenvalue weighted by Crippen LogP contribution is 2.57. The molecule has 2 fully saturated rings. The van der Waals surface area contributed by atoms with Crippen LogP contribution >= 0.6 is 0 Å². The van der Waals surface area contributed by atoms with Gasteiger partial charge in [0.05, 0.1) is 25.9 Å². The average molecular weight is 531 g/mol. The Hall–Kier alpha value is -2.69. The molecule has 1 aliphatic carbocycles. The van der Waals surface area contributed by atoms with E-state index in [4.69, 9.17) is 9.47 Å². The molecule has 210 valence electrons. The van der Waals surface area contributed by atoms with Crippen LogP contribution in [0.15, 0.2) is 78.9 Å². The second-order valence-corrected chi connectivity index (χ2v) is 11.5. The highest BCUT2D eigenvalue weighted by atomic mass is 16.5. The molecule has 4 nitrogen and oxygen atoms in total. The van der Waals surface area contributed by atoms with Crippen molar-refractivity contribution in [2.24, 2.45) is 17.3 Å². The van der Waals surface area contributed by atoms with Crippen LogP contribution in [0.4, 0.5) is 0 Å². The summed E-state index contributed by atoms with van der Waals surface area (Å²) in [6.07, 6.45) is 18.1. The molecule has 2 bridgehead atoms. The second kappa shape index (κ2) is 14.6. The number of aliphatic hydroxyl groups is 1. The van der Waals surface area contributed by atoms with Crippen LogP contribution in [0, 0.1) is 17.3 Å². The lowest BCUT2D eigenvalue weighted by atomic mass is 9.70. The van der Waals surface area contributed by atoms with Crippen LogP contribution in [0.2, 0.25) is 0 Å². The van der Waals surface area contributed by atoms with Crippen molar-refractivity contribution in [3.8, 4) is 11.1 Å². The summed E-state index contributed by atoms with van der Waals surface area (Å²) in [5.41, 5.74) is 3.94. The average Bonchev–Trinajstić information content (AvgIpc) is 3.50. The molecule has 0 spiro atoms. The molecule has 4 rings (SSSR count). The standard InChI is InChI=1S/C35H46O4/c1-3-4-8-15-30(36)22-23-31-32(16-11-5-6-12-17-34(37)38-2)35(25-33(31)39-26-35)24-27-18-20-29(21-19-27)28-13-9-7-10-14-28/h5,7,9-11,13-14,18-23,30-33,36H,3-4,6,8,12,15-17,24-26H2,1-2H3/b11-5-,23-22+/t30-,31+,32+,33+,35+/m0/s1. The van der Waals surface area contributed by atoms with Crippen LogP contribution in [0.1, 0.15) is 70.3 Å². The molecule has 1 saturated heterocycles. The molecule has 1 heterocycles. The van der Waals surface area contributed by atoms with Gasteiger partial charge in [0.2, 0.25) is 0 Å². The fourth-order valence-corrected chi connectivity index (χ4v) is 6.52. The number of rotatable bonds is 15. The zero-order chi connectivity index (χ0) is 27.5. The maximum Gasteiger partial charge on any atom is 0.305 e. The minimum atomic E-state index is -0.383. The van der Waals surface area contributed by atoms with E-state index in [2.05, 4.69) is 79.7 Å². The first-order chi connectivity index (χ1) is 19.0. The van der Waals surface area contributed by atoms with Gasteiger partial charge in [-0.1, -0.05) is 105 Å². The number of aliphatic hydroxyl groups excluding tert-OH is 1. The van der Waals surface area contributed by atoms with Crippen LogP contribution in [-0.4, -0.2) is 37.0 Å². The Morgan fingerprint density at radius 2 is 1.85 bits per heavy atom. The molecule has 2 aromatic rings. The predicted octanol–water partition coefficient (Wildman–Crippen LogP) is 7.70. The number of esters is 1. The number of hydrogen-bond donors (Lipinski definition) is 1. The number of unbranched alkanes of at least 4 members (excludes halogenated alkanes) is 3. The number of hydrogen-bond acceptors (Lipinski definition) is 4. The number of methoxy groups -OCH3 is 1. The van der Waals surface area contributed by atoms with Crippen molar-refractivity contribution in [3.05, 3.63) is 84.5 Å². The van der Waals surface area contributed by atoms with Crippen molar-refractivity contribution < 1.29 is 19.4 Å². The zero-order valence-electron chi connectivity index (χ0n) is 23.8. The third kappa shape index (κ3) is 7.93. The molecule has 2 aromatic carbocycles. The Morgan fingerprint density at radius 1 is 1.08 bits per heavy atom. The summed E-state index contributed by atoms with van der Waals surface area (Å²) in [6, 6.07) is 19.6. The minimum Gasteiger partial charge on any atom is -0.469 e. The molecule has 5 atom stereocenters.